The van der Waals surface area contributed by atoms with Gasteiger partial charge in [-0.1, -0.05) is 60.2 Å². The Balaban J connectivity index is 0.000000247. The Bertz CT molecular complexity index is 577. The molecule has 0 fully saturated rings. The van der Waals surface area contributed by atoms with Crippen molar-refractivity contribution in [3.05, 3.63) is 81.4 Å². The van der Waals surface area contributed by atoms with Crippen LogP contribution in [0.1, 0.15) is 5.56 Å². The molecule has 0 radical (unpaired) electrons. The predicted octanol–water partition coefficient (Wildman–Crippen LogP) is 3.07. The number of isocyanates is 2. The molecule has 0 amide bonds. The predicted molar refractivity (Wildman–Crippen MR) is 73.4 cm³/mol. The van der Waals surface area contributed by atoms with Gasteiger partial charge in [-0.15, -0.1) is 0 Å². The van der Waals surface area contributed by atoms with Crippen LogP contribution in [0.5, 0.6) is 0 Å². The molecule has 1 aromatic rings. The summed E-state index contributed by atoms with van der Waals surface area (Å²) in [5.74, 6) is 0. The minimum atomic E-state index is 0.500. The van der Waals surface area contributed by atoms with Crippen LogP contribution in [0, 0.1) is 17.4 Å². The van der Waals surface area contributed by atoms with E-state index in [1.165, 1.54) is 16.0 Å². The molecule has 0 bridgehead atoms. The summed E-state index contributed by atoms with van der Waals surface area (Å²) in [6.07, 6.45) is 1.00. The number of aryl methyl sites for hydroxylation is 1. The van der Waals surface area contributed by atoms with Crippen LogP contribution < -0.4 is 0 Å². The van der Waals surface area contributed by atoms with Gasteiger partial charge in [-0.2, -0.15) is 0 Å². The zero-order chi connectivity index (χ0) is 14.5. The van der Waals surface area contributed by atoms with E-state index in [1.807, 2.05) is 18.2 Å². The van der Waals surface area contributed by atoms with Gasteiger partial charge in [0, 0.05) is 0 Å². The highest BCUT2D eigenvalue weighted by molar-refractivity contribution is 5.37. The molecule has 0 aromatic heterocycles. The van der Waals surface area contributed by atoms with Gasteiger partial charge < -0.3 is 10.8 Å². The summed E-state index contributed by atoms with van der Waals surface area (Å²) in [6.45, 7) is 2.08. The van der Waals surface area contributed by atoms with Gasteiger partial charge in [-0.05, 0) is 29.5 Å². The van der Waals surface area contributed by atoms with Gasteiger partial charge in [0.05, 0.1) is 0 Å². The van der Waals surface area contributed by atoms with E-state index in [2.05, 4.69) is 43.3 Å². The molecule has 0 saturated carbocycles. The molecule has 0 unspecified atom stereocenters. The molecule has 4 nitrogen and oxygen atoms in total. The first-order valence-corrected chi connectivity index (χ1v) is 5.34. The fraction of sp³-hybridized carbons (Fsp3) is 0.0667. The first-order chi connectivity index (χ1) is 9.19. The van der Waals surface area contributed by atoms with Crippen LogP contribution in [0.4, 0.5) is 0 Å². The number of hydrogen-bond donors (Lipinski definition) is 0. The van der Waals surface area contributed by atoms with Crippen molar-refractivity contribution in [2.45, 2.75) is 6.92 Å². The molecule has 0 saturated heterocycles. The maximum Gasteiger partial charge on any atom is -0.0159 e. The number of nitrogens with zero attached hydrogens (tertiary/aromatic N) is 2. The van der Waals surface area contributed by atoms with E-state index >= 15 is 0 Å². The summed E-state index contributed by atoms with van der Waals surface area (Å²) >= 11 is 0. The fourth-order valence-corrected chi connectivity index (χ4v) is 1.20. The van der Waals surface area contributed by atoms with Gasteiger partial charge in [-0.25, -0.2) is 0 Å². The zero-order valence-electron chi connectivity index (χ0n) is 10.4. The van der Waals surface area contributed by atoms with Crippen molar-refractivity contribution in [3.8, 4) is 0 Å². The molecule has 0 aliphatic heterocycles. The van der Waals surface area contributed by atoms with Gasteiger partial charge in [0.2, 0.25) is 0 Å². The van der Waals surface area contributed by atoms with Crippen LogP contribution in [0.15, 0.2) is 54.6 Å². The number of hydrogen-bond acceptors (Lipinski definition) is 2. The molecule has 96 valence electrons. The molecule has 2 aliphatic rings. The minimum absolute atomic E-state index is 0.500. The van der Waals surface area contributed by atoms with Crippen molar-refractivity contribution in [1.29, 1.82) is 0 Å². The lowest BCUT2D eigenvalue weighted by Gasteiger charge is -1.95. The highest BCUT2D eigenvalue weighted by Crippen LogP contribution is 2.04. The lowest BCUT2D eigenvalue weighted by molar-refractivity contribution is 0.568. The monoisotopic (exact) mass is 252 g/mol. The highest BCUT2D eigenvalue weighted by atomic mass is 16.1. The second-order valence-electron chi connectivity index (χ2n) is 3.41. The zero-order valence-corrected chi connectivity index (χ0v) is 10.4. The van der Waals surface area contributed by atoms with E-state index in [-0.39, 0.29) is 0 Å². The SMILES string of the molecule is Cc1ccccc1.[N-]=C=O.[N-]=C=O.c1cc2ccc1=2. The smallest absolute Gasteiger partial charge is 0.0159 e. The Morgan fingerprint density at radius 1 is 0.737 bits per heavy atom. The number of rotatable bonds is 0. The van der Waals surface area contributed by atoms with Crippen molar-refractivity contribution >= 4 is 12.2 Å². The minimum Gasteiger partial charge on any atom is -0.724 e. The summed E-state index contributed by atoms with van der Waals surface area (Å²) in [5.41, 5.74) is 1.32. The Morgan fingerprint density at radius 2 is 1.05 bits per heavy atom. The Labute approximate surface area is 111 Å². The molecule has 19 heavy (non-hydrogen) atoms. The lowest BCUT2D eigenvalue weighted by Crippen LogP contribution is -1.80. The molecule has 2 aliphatic carbocycles. The third-order valence-corrected chi connectivity index (χ3v) is 2.16. The van der Waals surface area contributed by atoms with Crippen molar-refractivity contribution in [1.82, 2.24) is 0 Å². The molecule has 0 atom stereocenters. The maximum absolute atomic E-state index is 8.24. The second-order valence-corrected chi connectivity index (χ2v) is 3.41. The van der Waals surface area contributed by atoms with E-state index in [0.717, 1.165) is 0 Å². The summed E-state index contributed by atoms with van der Waals surface area (Å²) < 4.78 is 0. The van der Waals surface area contributed by atoms with Gasteiger partial charge in [0.15, 0.2) is 0 Å². The topological polar surface area (TPSA) is 78.7 Å². The Kier molecular flexibility index (Phi) is 8.83. The molecular formula is C15H12N2O2-2. The molecule has 0 N–H and O–H groups in total. The van der Waals surface area contributed by atoms with Crippen molar-refractivity contribution in [2.24, 2.45) is 0 Å². The molecule has 1 aromatic carbocycles. The maximum atomic E-state index is 8.24. The van der Waals surface area contributed by atoms with Crippen LogP contribution >= 0.6 is 0 Å². The van der Waals surface area contributed by atoms with E-state index < -0.39 is 0 Å². The van der Waals surface area contributed by atoms with Crippen LogP contribution in [-0.4, -0.2) is 12.2 Å². The first-order valence-electron chi connectivity index (χ1n) is 5.34. The van der Waals surface area contributed by atoms with Gasteiger partial charge in [-0.3, -0.25) is 9.59 Å². The van der Waals surface area contributed by atoms with Gasteiger partial charge >= 0.3 is 0 Å². The van der Waals surface area contributed by atoms with Crippen LogP contribution in [-0.2, 0) is 9.59 Å². The molecule has 0 heterocycles. The Hall–Kier alpha value is -2.80. The summed E-state index contributed by atoms with van der Waals surface area (Å²) in [4.78, 5) is 16.5. The van der Waals surface area contributed by atoms with E-state index in [0.29, 0.717) is 12.2 Å². The van der Waals surface area contributed by atoms with E-state index in [1.54, 1.807) is 0 Å². The van der Waals surface area contributed by atoms with Crippen molar-refractivity contribution in [2.75, 3.05) is 0 Å². The Morgan fingerprint density at radius 3 is 1.16 bits per heavy atom. The third-order valence-electron chi connectivity index (χ3n) is 2.16. The van der Waals surface area contributed by atoms with Crippen LogP contribution in [0.3, 0.4) is 0 Å². The highest BCUT2D eigenvalue weighted by Gasteiger charge is 1.88. The average molecular weight is 252 g/mol. The van der Waals surface area contributed by atoms with Crippen molar-refractivity contribution in [3.63, 3.8) is 0 Å². The first kappa shape index (κ1) is 16.2. The van der Waals surface area contributed by atoms with Crippen LogP contribution in [0.25, 0.3) is 10.8 Å². The van der Waals surface area contributed by atoms with E-state index in [9.17, 15) is 0 Å². The second kappa shape index (κ2) is 10.4. The lowest BCUT2D eigenvalue weighted by atomic mass is 10.1. The summed E-state index contributed by atoms with van der Waals surface area (Å²) in [6, 6.07) is 18.7. The molecule has 0 spiro atoms. The van der Waals surface area contributed by atoms with Gasteiger partial charge in [0.1, 0.15) is 0 Å². The number of benzene rings is 2. The average Bonchev–Trinajstić information content (AvgIpc) is 2.37. The largest absolute Gasteiger partial charge is 0.724 e. The third kappa shape index (κ3) is 7.18. The van der Waals surface area contributed by atoms with E-state index in [4.69, 9.17) is 20.4 Å². The van der Waals surface area contributed by atoms with Crippen molar-refractivity contribution < 1.29 is 9.59 Å². The molecule has 3 rings (SSSR count). The summed E-state index contributed by atoms with van der Waals surface area (Å²) in [5, 5.41) is 16.4. The number of carbonyl (C=O) groups excluding carboxylic acids is 2. The molecule has 4 heteroatoms. The van der Waals surface area contributed by atoms with Crippen LogP contribution in [0.2, 0.25) is 0 Å². The standard InChI is InChI=1S/C7H8.C6H4.2CNO/c1-7-5-3-2-4-6-7;1-2-6-4-3-5(1)6;2*2-1-3/h2-6H,1H3;1-4H;;/q;;2*-1. The molecular weight excluding hydrogens is 240 g/mol. The summed E-state index contributed by atoms with van der Waals surface area (Å²) in [7, 11) is 0. The fourth-order valence-electron chi connectivity index (χ4n) is 1.20. The van der Waals surface area contributed by atoms with Gasteiger partial charge in [0.25, 0.3) is 0 Å². The normalized spacial score (nSPS) is 7.63. The quantitative estimate of drug-likeness (QED) is 0.455.